The molecule has 2 aromatic rings. The molecule has 2 aromatic heterocycles. The van der Waals surface area contributed by atoms with E-state index in [2.05, 4.69) is 21.5 Å². The normalized spacial score (nSPS) is 11.1. The lowest BCUT2D eigenvalue weighted by Gasteiger charge is -2.01. The quantitative estimate of drug-likeness (QED) is 0.811. The highest BCUT2D eigenvalue weighted by molar-refractivity contribution is 7.91. The number of thiazole rings is 1. The van der Waals surface area contributed by atoms with E-state index in [-0.39, 0.29) is 17.4 Å². The minimum absolute atomic E-state index is 0.0397. The van der Waals surface area contributed by atoms with Crippen LogP contribution in [0, 0.1) is 18.8 Å². The molecule has 0 atom stereocenters. The zero-order chi connectivity index (χ0) is 15.3. The average molecular weight is 342 g/mol. The maximum atomic E-state index is 12.0. The molecular weight excluding hydrogens is 328 g/mol. The number of aliphatic hydroxyl groups excluding tert-OH is 1. The van der Waals surface area contributed by atoms with E-state index in [1.807, 2.05) is 11.4 Å². The highest BCUT2D eigenvalue weighted by Crippen LogP contribution is 2.19. The number of aliphatic hydroxyl groups is 1. The maximum Gasteiger partial charge on any atom is 0.252 e. The first-order valence-corrected chi connectivity index (χ1v) is 9.28. The molecule has 0 radical (unpaired) electrons. The number of sulfonamides is 1. The second-order valence-corrected chi connectivity index (χ2v) is 8.32. The van der Waals surface area contributed by atoms with Gasteiger partial charge >= 0.3 is 0 Å². The smallest absolute Gasteiger partial charge is 0.252 e. The number of aromatic nitrogens is 1. The Morgan fingerprint density at radius 3 is 2.95 bits per heavy atom. The molecule has 8 heteroatoms. The van der Waals surface area contributed by atoms with Crippen LogP contribution in [-0.2, 0) is 16.6 Å². The fourth-order valence-corrected chi connectivity index (χ4v) is 4.47. The molecule has 0 aromatic carbocycles. The van der Waals surface area contributed by atoms with Crippen molar-refractivity contribution in [1.29, 1.82) is 0 Å². The summed E-state index contributed by atoms with van der Waals surface area (Å²) in [5.74, 6) is 5.74. The summed E-state index contributed by atoms with van der Waals surface area (Å²) in [4.78, 5) is 4.83. The Morgan fingerprint density at radius 2 is 2.29 bits per heavy atom. The molecule has 2 rings (SSSR count). The van der Waals surface area contributed by atoms with Crippen LogP contribution in [-0.4, -0.2) is 25.1 Å². The number of nitrogens with one attached hydrogen (secondary N) is 1. The number of hydrogen-bond donors (Lipinski definition) is 2. The van der Waals surface area contributed by atoms with Gasteiger partial charge in [-0.15, -0.1) is 22.7 Å². The Labute approximate surface area is 131 Å². The minimum atomic E-state index is -3.51. The van der Waals surface area contributed by atoms with Crippen molar-refractivity contribution in [3.8, 4) is 11.8 Å². The number of thiophene rings is 1. The maximum absolute atomic E-state index is 12.0. The van der Waals surface area contributed by atoms with Crippen LogP contribution in [0.5, 0.6) is 0 Å². The SMILES string of the molecule is Cc1ncc(S(=O)(=O)NCc2cc(C#CCCO)cs2)s1. The van der Waals surface area contributed by atoms with E-state index in [1.54, 1.807) is 6.92 Å². The van der Waals surface area contributed by atoms with Crippen LogP contribution in [0.4, 0.5) is 0 Å². The van der Waals surface area contributed by atoms with Gasteiger partial charge in [0.05, 0.1) is 17.8 Å². The summed E-state index contributed by atoms with van der Waals surface area (Å²) >= 11 is 2.59. The summed E-state index contributed by atoms with van der Waals surface area (Å²) in [6.07, 6.45) is 1.80. The Morgan fingerprint density at radius 1 is 1.48 bits per heavy atom. The van der Waals surface area contributed by atoms with E-state index in [0.717, 1.165) is 21.8 Å². The fraction of sp³-hybridized carbons (Fsp3) is 0.308. The van der Waals surface area contributed by atoms with Gasteiger partial charge in [-0.1, -0.05) is 11.8 Å². The molecule has 0 fully saturated rings. The molecule has 0 saturated carbocycles. The largest absolute Gasteiger partial charge is 0.395 e. The highest BCUT2D eigenvalue weighted by atomic mass is 32.2. The van der Waals surface area contributed by atoms with Crippen LogP contribution in [0.15, 0.2) is 21.9 Å². The first kappa shape index (κ1) is 16.1. The van der Waals surface area contributed by atoms with Crippen molar-refractivity contribution >= 4 is 32.7 Å². The van der Waals surface area contributed by atoms with Gasteiger partial charge in [0.25, 0.3) is 10.0 Å². The van der Waals surface area contributed by atoms with Crippen molar-refractivity contribution in [3.63, 3.8) is 0 Å². The molecule has 0 aliphatic carbocycles. The summed E-state index contributed by atoms with van der Waals surface area (Å²) in [6, 6.07) is 1.84. The van der Waals surface area contributed by atoms with Gasteiger partial charge in [-0.2, -0.15) is 0 Å². The van der Waals surface area contributed by atoms with Crippen molar-refractivity contribution in [2.24, 2.45) is 0 Å². The molecule has 0 aliphatic heterocycles. The molecule has 0 bridgehead atoms. The van der Waals surface area contributed by atoms with Gasteiger partial charge < -0.3 is 5.11 Å². The molecule has 21 heavy (non-hydrogen) atoms. The standard InChI is InChI=1S/C13H14N2O3S3/c1-10-14-8-13(20-10)21(17,18)15-7-12-6-11(9-19-12)4-2-3-5-16/h6,8-9,15-16H,3,5,7H2,1H3. The zero-order valence-electron chi connectivity index (χ0n) is 11.3. The monoisotopic (exact) mass is 342 g/mol. The van der Waals surface area contributed by atoms with Crippen LogP contribution in [0.1, 0.15) is 21.9 Å². The van der Waals surface area contributed by atoms with Gasteiger partial charge in [-0.25, -0.2) is 18.1 Å². The molecule has 5 nitrogen and oxygen atoms in total. The Hall–Kier alpha value is -1.24. The van der Waals surface area contributed by atoms with Crippen molar-refractivity contribution < 1.29 is 13.5 Å². The van der Waals surface area contributed by atoms with Gasteiger partial charge in [-0.3, -0.25) is 0 Å². The van der Waals surface area contributed by atoms with Gasteiger partial charge in [0.2, 0.25) is 0 Å². The molecule has 112 valence electrons. The van der Waals surface area contributed by atoms with Crippen LogP contribution in [0.25, 0.3) is 0 Å². The zero-order valence-corrected chi connectivity index (χ0v) is 13.7. The van der Waals surface area contributed by atoms with E-state index < -0.39 is 10.0 Å². The van der Waals surface area contributed by atoms with Gasteiger partial charge in [0, 0.05) is 28.8 Å². The predicted molar refractivity (Wildman–Crippen MR) is 83.8 cm³/mol. The predicted octanol–water partition coefficient (Wildman–Crippen LogP) is 1.73. The summed E-state index contributed by atoms with van der Waals surface area (Å²) in [5, 5.41) is 11.2. The van der Waals surface area contributed by atoms with E-state index in [0.29, 0.717) is 11.4 Å². The molecule has 0 saturated heterocycles. The second-order valence-electron chi connectivity index (χ2n) is 4.10. The average Bonchev–Trinajstić information content (AvgIpc) is 3.06. The third kappa shape index (κ3) is 4.62. The summed E-state index contributed by atoms with van der Waals surface area (Å²) in [7, 11) is -3.51. The van der Waals surface area contributed by atoms with Crippen LogP contribution < -0.4 is 4.72 Å². The molecule has 0 aliphatic rings. The molecule has 2 heterocycles. The van der Waals surface area contributed by atoms with Crippen molar-refractivity contribution in [2.45, 2.75) is 24.1 Å². The Balaban J connectivity index is 1.99. The number of nitrogens with zero attached hydrogens (tertiary/aromatic N) is 1. The van der Waals surface area contributed by atoms with Crippen molar-refractivity contribution in [2.75, 3.05) is 6.61 Å². The van der Waals surface area contributed by atoms with Crippen LogP contribution in [0.3, 0.4) is 0 Å². The van der Waals surface area contributed by atoms with Crippen LogP contribution >= 0.6 is 22.7 Å². The highest BCUT2D eigenvalue weighted by Gasteiger charge is 2.16. The van der Waals surface area contributed by atoms with Gasteiger partial charge in [0.15, 0.2) is 4.21 Å². The lowest BCUT2D eigenvalue weighted by Crippen LogP contribution is -2.21. The van der Waals surface area contributed by atoms with E-state index in [1.165, 1.54) is 17.5 Å². The molecule has 0 unspecified atom stereocenters. The summed E-state index contributed by atoms with van der Waals surface area (Å²) in [5.41, 5.74) is 0.830. The molecule has 0 spiro atoms. The molecular formula is C13H14N2O3S3. The minimum Gasteiger partial charge on any atom is -0.395 e. The number of aryl methyl sites for hydroxylation is 1. The van der Waals surface area contributed by atoms with Crippen molar-refractivity contribution in [1.82, 2.24) is 9.71 Å². The lowest BCUT2D eigenvalue weighted by atomic mass is 10.3. The number of hydrogen-bond acceptors (Lipinski definition) is 6. The summed E-state index contributed by atoms with van der Waals surface area (Å²) in [6.45, 7) is 2.03. The Kier molecular flexibility index (Phi) is 5.50. The van der Waals surface area contributed by atoms with Gasteiger partial charge in [0.1, 0.15) is 0 Å². The lowest BCUT2D eigenvalue weighted by molar-refractivity contribution is 0.305. The molecule has 2 N–H and O–H groups in total. The van der Waals surface area contributed by atoms with Crippen molar-refractivity contribution in [3.05, 3.63) is 33.1 Å². The summed E-state index contributed by atoms with van der Waals surface area (Å²) < 4.78 is 26.9. The van der Waals surface area contributed by atoms with E-state index >= 15 is 0 Å². The third-order valence-corrected chi connectivity index (χ3v) is 6.14. The first-order valence-electron chi connectivity index (χ1n) is 6.10. The second kappa shape index (κ2) is 7.15. The molecule has 0 amide bonds. The topological polar surface area (TPSA) is 79.3 Å². The van der Waals surface area contributed by atoms with Crippen LogP contribution in [0.2, 0.25) is 0 Å². The first-order chi connectivity index (χ1) is 10.0. The van der Waals surface area contributed by atoms with Gasteiger partial charge in [-0.05, 0) is 13.0 Å². The van der Waals surface area contributed by atoms with E-state index in [9.17, 15) is 8.42 Å². The fourth-order valence-electron chi connectivity index (χ4n) is 1.46. The Bertz CT molecular complexity index is 766. The third-order valence-electron chi connectivity index (χ3n) is 2.42. The number of rotatable bonds is 5. The van der Waals surface area contributed by atoms with E-state index in [4.69, 9.17) is 5.11 Å².